The Bertz CT molecular complexity index is 897. The third kappa shape index (κ3) is 3.88. The van der Waals surface area contributed by atoms with Crippen LogP contribution in [0.4, 0.5) is 5.69 Å². The van der Waals surface area contributed by atoms with Crippen LogP contribution in [-0.2, 0) is 4.79 Å². The van der Waals surface area contributed by atoms with Gasteiger partial charge in [0.15, 0.2) is 10.8 Å². The molecule has 0 fully saturated rings. The smallest absolute Gasteiger partial charge is 0.234 e. The molecule has 1 amide bonds. The van der Waals surface area contributed by atoms with E-state index in [1.807, 2.05) is 31.2 Å². The van der Waals surface area contributed by atoms with Crippen LogP contribution >= 0.6 is 27.7 Å². The molecule has 8 heteroatoms. The maximum absolute atomic E-state index is 12.2. The summed E-state index contributed by atoms with van der Waals surface area (Å²) in [5.41, 5.74) is 3.17. The molecule has 0 saturated heterocycles. The second-order valence-electron chi connectivity index (χ2n) is 5.11. The largest absolute Gasteiger partial charge is 0.495 e. The predicted octanol–water partition coefficient (Wildman–Crippen LogP) is 3.77. The molecule has 0 aliphatic rings. The molecule has 2 aromatic heterocycles. The van der Waals surface area contributed by atoms with Gasteiger partial charge in [-0.05, 0) is 46.6 Å². The van der Waals surface area contributed by atoms with E-state index in [0.29, 0.717) is 22.2 Å². The van der Waals surface area contributed by atoms with Gasteiger partial charge in [0.05, 0.1) is 24.1 Å². The average Bonchev–Trinajstić information content (AvgIpc) is 2.95. The van der Waals surface area contributed by atoms with Crippen LogP contribution in [0.3, 0.4) is 0 Å². The quantitative estimate of drug-likeness (QED) is 0.630. The number of hydrogen-bond donors (Lipinski definition) is 2. The van der Waals surface area contributed by atoms with Crippen LogP contribution in [0.25, 0.3) is 11.2 Å². The number of anilines is 1. The Balaban J connectivity index is 1.65. The molecule has 3 aromatic rings. The number of carbonyl (C=O) groups excluding carboxylic acids is 1. The molecular weight excluding hydrogens is 392 g/mol. The van der Waals surface area contributed by atoms with Crippen molar-refractivity contribution in [2.75, 3.05) is 18.2 Å². The predicted molar refractivity (Wildman–Crippen MR) is 98.7 cm³/mol. The lowest BCUT2D eigenvalue weighted by atomic mass is 10.2. The number of hydrogen-bond acceptors (Lipinski definition) is 5. The molecule has 24 heavy (non-hydrogen) atoms. The monoisotopic (exact) mass is 406 g/mol. The number of fused-ring (bicyclic) bond motifs is 1. The molecule has 0 aliphatic carbocycles. The van der Waals surface area contributed by atoms with Gasteiger partial charge < -0.3 is 15.0 Å². The Morgan fingerprint density at radius 2 is 2.25 bits per heavy atom. The molecule has 0 unspecified atom stereocenters. The van der Waals surface area contributed by atoms with Gasteiger partial charge in [-0.3, -0.25) is 4.79 Å². The zero-order chi connectivity index (χ0) is 17.1. The van der Waals surface area contributed by atoms with Crippen LogP contribution in [-0.4, -0.2) is 33.7 Å². The number of pyridine rings is 1. The first kappa shape index (κ1) is 16.8. The van der Waals surface area contributed by atoms with Gasteiger partial charge >= 0.3 is 0 Å². The van der Waals surface area contributed by atoms with E-state index >= 15 is 0 Å². The summed E-state index contributed by atoms with van der Waals surface area (Å²) in [4.78, 5) is 23.9. The van der Waals surface area contributed by atoms with Crippen LogP contribution < -0.4 is 10.1 Å². The van der Waals surface area contributed by atoms with E-state index in [2.05, 4.69) is 36.2 Å². The lowest BCUT2D eigenvalue weighted by Crippen LogP contribution is -2.15. The fourth-order valence-electron chi connectivity index (χ4n) is 2.16. The molecule has 0 spiro atoms. The molecule has 124 valence electrons. The first-order valence-electron chi connectivity index (χ1n) is 7.13. The molecule has 0 radical (unpaired) electrons. The molecule has 0 bridgehead atoms. The normalized spacial score (nSPS) is 10.8. The van der Waals surface area contributed by atoms with Crippen molar-refractivity contribution in [2.45, 2.75) is 12.1 Å². The fourth-order valence-corrected chi connectivity index (χ4v) is 3.16. The molecule has 2 N–H and O–H groups in total. The van der Waals surface area contributed by atoms with Crippen molar-refractivity contribution in [1.29, 1.82) is 0 Å². The minimum Gasteiger partial charge on any atom is -0.495 e. The van der Waals surface area contributed by atoms with Crippen molar-refractivity contribution in [1.82, 2.24) is 15.0 Å². The van der Waals surface area contributed by atoms with Gasteiger partial charge in [-0.25, -0.2) is 9.97 Å². The number of thioether (sulfide) groups is 1. The highest BCUT2D eigenvalue weighted by Crippen LogP contribution is 2.26. The SMILES string of the molecule is COc1ccc(C)cc1NC(=O)CSc1nc2ncc(Br)cc2[nH]1. The van der Waals surface area contributed by atoms with Gasteiger partial charge in [0.25, 0.3) is 0 Å². The molecule has 6 nitrogen and oxygen atoms in total. The van der Waals surface area contributed by atoms with E-state index in [0.717, 1.165) is 15.6 Å². The number of halogens is 1. The van der Waals surface area contributed by atoms with Crippen molar-refractivity contribution >= 4 is 50.5 Å². The summed E-state index contributed by atoms with van der Waals surface area (Å²) in [6.45, 7) is 1.96. The number of aryl methyl sites for hydroxylation is 1. The number of imidazole rings is 1. The van der Waals surface area contributed by atoms with Gasteiger partial charge in [-0.1, -0.05) is 17.8 Å². The van der Waals surface area contributed by atoms with E-state index in [-0.39, 0.29) is 11.7 Å². The average molecular weight is 407 g/mol. The number of ether oxygens (including phenoxy) is 1. The summed E-state index contributed by atoms with van der Waals surface area (Å²) in [6, 6.07) is 7.55. The summed E-state index contributed by atoms with van der Waals surface area (Å²) in [7, 11) is 1.58. The Morgan fingerprint density at radius 3 is 3.04 bits per heavy atom. The van der Waals surface area contributed by atoms with Crippen LogP contribution in [0.5, 0.6) is 5.75 Å². The van der Waals surface area contributed by atoms with Crippen molar-refractivity contribution in [3.63, 3.8) is 0 Å². The number of benzene rings is 1. The van der Waals surface area contributed by atoms with Crippen molar-refractivity contribution < 1.29 is 9.53 Å². The lowest BCUT2D eigenvalue weighted by molar-refractivity contribution is -0.113. The van der Waals surface area contributed by atoms with E-state index in [1.54, 1.807) is 13.3 Å². The van der Waals surface area contributed by atoms with Gasteiger partial charge in [0.1, 0.15) is 5.75 Å². The van der Waals surface area contributed by atoms with Crippen LogP contribution in [0, 0.1) is 6.92 Å². The number of nitrogens with one attached hydrogen (secondary N) is 2. The number of rotatable bonds is 5. The van der Waals surface area contributed by atoms with Crippen molar-refractivity contribution in [2.24, 2.45) is 0 Å². The Morgan fingerprint density at radius 1 is 1.42 bits per heavy atom. The summed E-state index contributed by atoms with van der Waals surface area (Å²) in [5.74, 6) is 0.744. The Hall–Kier alpha value is -2.06. The van der Waals surface area contributed by atoms with Crippen LogP contribution in [0.1, 0.15) is 5.56 Å². The highest BCUT2D eigenvalue weighted by atomic mass is 79.9. The number of methoxy groups -OCH3 is 1. The third-order valence-corrected chi connectivity index (χ3v) is 4.56. The first-order valence-corrected chi connectivity index (χ1v) is 8.91. The zero-order valence-corrected chi connectivity index (χ0v) is 15.5. The molecule has 3 rings (SSSR count). The highest BCUT2D eigenvalue weighted by Gasteiger charge is 2.11. The standard InChI is InChI=1S/C16H15BrN4O2S/c1-9-3-4-13(23-2)11(5-9)19-14(22)8-24-16-20-12-6-10(17)7-18-15(12)21-16/h3-7H,8H2,1-2H3,(H,19,22)(H,18,20,21). The first-order chi connectivity index (χ1) is 11.5. The van der Waals surface area contributed by atoms with Gasteiger partial charge in [0.2, 0.25) is 5.91 Å². The number of nitrogens with zero attached hydrogens (tertiary/aromatic N) is 2. The Labute approximate surface area is 151 Å². The molecule has 0 aliphatic heterocycles. The summed E-state index contributed by atoms with van der Waals surface area (Å²) in [5, 5.41) is 3.52. The second-order valence-corrected chi connectivity index (χ2v) is 6.99. The summed E-state index contributed by atoms with van der Waals surface area (Å²) >= 11 is 4.69. The molecule has 0 atom stereocenters. The minimum atomic E-state index is -0.126. The maximum atomic E-state index is 12.2. The van der Waals surface area contributed by atoms with Gasteiger partial charge in [-0.15, -0.1) is 0 Å². The van der Waals surface area contributed by atoms with E-state index in [9.17, 15) is 4.79 Å². The lowest BCUT2D eigenvalue weighted by Gasteiger charge is -2.10. The molecular formula is C16H15BrN4O2S. The molecule has 1 aromatic carbocycles. The van der Waals surface area contributed by atoms with E-state index in [4.69, 9.17) is 4.74 Å². The maximum Gasteiger partial charge on any atom is 0.234 e. The summed E-state index contributed by atoms with van der Waals surface area (Å²) < 4.78 is 6.14. The minimum absolute atomic E-state index is 0.126. The van der Waals surface area contributed by atoms with E-state index in [1.165, 1.54) is 11.8 Å². The molecule has 0 saturated carbocycles. The highest BCUT2D eigenvalue weighted by molar-refractivity contribution is 9.10. The van der Waals surface area contributed by atoms with Gasteiger partial charge in [0, 0.05) is 10.7 Å². The number of carbonyl (C=O) groups is 1. The van der Waals surface area contributed by atoms with Crippen molar-refractivity contribution in [3.8, 4) is 5.75 Å². The Kier molecular flexibility index (Phi) is 5.06. The van der Waals surface area contributed by atoms with E-state index < -0.39 is 0 Å². The van der Waals surface area contributed by atoms with Crippen LogP contribution in [0.2, 0.25) is 0 Å². The van der Waals surface area contributed by atoms with Gasteiger partial charge in [-0.2, -0.15) is 0 Å². The third-order valence-electron chi connectivity index (χ3n) is 3.25. The summed E-state index contributed by atoms with van der Waals surface area (Å²) in [6.07, 6.45) is 1.69. The number of amides is 1. The zero-order valence-electron chi connectivity index (χ0n) is 13.1. The number of H-pyrrole nitrogens is 1. The molecule has 2 heterocycles. The second kappa shape index (κ2) is 7.23. The van der Waals surface area contributed by atoms with Crippen molar-refractivity contribution in [3.05, 3.63) is 40.5 Å². The number of aromatic nitrogens is 3. The topological polar surface area (TPSA) is 79.9 Å². The van der Waals surface area contributed by atoms with Crippen LogP contribution in [0.15, 0.2) is 40.1 Å². The fraction of sp³-hybridized carbons (Fsp3) is 0.188. The number of aromatic amines is 1.